The Morgan fingerprint density at radius 1 is 1.33 bits per heavy atom. The molecule has 0 bridgehead atoms. The predicted molar refractivity (Wildman–Crippen MR) is 89.6 cm³/mol. The summed E-state index contributed by atoms with van der Waals surface area (Å²) in [6.45, 7) is 8.07. The number of nitrogens with two attached hydrogens (primary N) is 1. The van der Waals surface area contributed by atoms with E-state index in [0.29, 0.717) is 12.5 Å². The summed E-state index contributed by atoms with van der Waals surface area (Å²) < 4.78 is 0. The number of nitrogens with zero attached hydrogens (tertiary/aromatic N) is 2. The minimum atomic E-state index is -0.163. The predicted octanol–water partition coefficient (Wildman–Crippen LogP) is 3.41. The topological polar surface area (TPSA) is 41.6 Å². The van der Waals surface area contributed by atoms with Crippen molar-refractivity contribution >= 4 is 17.3 Å². The number of guanidine groups is 1. The lowest BCUT2D eigenvalue weighted by Crippen LogP contribution is -2.47. The van der Waals surface area contributed by atoms with Crippen LogP contribution in [0, 0.1) is 13.8 Å². The molecule has 1 aliphatic rings. The molecule has 1 aliphatic heterocycles. The molecule has 0 amide bonds. The third-order valence-electron chi connectivity index (χ3n) is 4.29. The Kier molecular flexibility index (Phi) is 3.49. The fourth-order valence-corrected chi connectivity index (χ4v) is 3.71. The number of aliphatic imine (C=N–C) groups is 1. The number of aryl methyl sites for hydroxylation is 2. The summed E-state index contributed by atoms with van der Waals surface area (Å²) in [5, 5.41) is 2.11. The van der Waals surface area contributed by atoms with Gasteiger partial charge in [-0.2, -0.15) is 0 Å². The number of hydrogen-bond donors (Lipinski definition) is 1. The van der Waals surface area contributed by atoms with Crippen molar-refractivity contribution in [3.05, 3.63) is 57.3 Å². The fourth-order valence-electron chi connectivity index (χ4n) is 3.02. The van der Waals surface area contributed by atoms with Crippen LogP contribution in [0.5, 0.6) is 0 Å². The second kappa shape index (κ2) is 5.19. The van der Waals surface area contributed by atoms with Crippen molar-refractivity contribution in [1.29, 1.82) is 0 Å². The van der Waals surface area contributed by atoms with Gasteiger partial charge in [-0.1, -0.05) is 29.8 Å². The van der Waals surface area contributed by atoms with Crippen LogP contribution in [0.3, 0.4) is 0 Å². The Hall–Kier alpha value is -1.81. The summed E-state index contributed by atoms with van der Waals surface area (Å²) in [7, 11) is 0. The quantitative estimate of drug-likeness (QED) is 0.943. The van der Waals surface area contributed by atoms with E-state index in [1.54, 1.807) is 11.3 Å². The van der Waals surface area contributed by atoms with Crippen LogP contribution in [0.1, 0.15) is 28.5 Å². The monoisotopic (exact) mass is 299 g/mol. The molecule has 0 aliphatic carbocycles. The molecule has 110 valence electrons. The third kappa shape index (κ3) is 2.44. The summed E-state index contributed by atoms with van der Waals surface area (Å²) >= 11 is 1.76. The second-order valence-corrected chi connectivity index (χ2v) is 6.96. The molecule has 2 N–H and O–H groups in total. The lowest BCUT2D eigenvalue weighted by atomic mass is 9.86. The van der Waals surface area contributed by atoms with Crippen LogP contribution in [0.25, 0.3) is 0 Å². The Balaban J connectivity index is 2.00. The lowest BCUT2D eigenvalue weighted by Gasteiger charge is -2.37. The van der Waals surface area contributed by atoms with Crippen LogP contribution in [0.4, 0.5) is 0 Å². The number of thiophene rings is 1. The molecule has 4 heteroatoms. The van der Waals surface area contributed by atoms with E-state index in [1.165, 1.54) is 21.6 Å². The van der Waals surface area contributed by atoms with Crippen molar-refractivity contribution < 1.29 is 0 Å². The summed E-state index contributed by atoms with van der Waals surface area (Å²) in [5.41, 5.74) is 9.91. The average Bonchev–Trinajstić information content (AvgIpc) is 3.06. The molecule has 0 saturated heterocycles. The van der Waals surface area contributed by atoms with Crippen molar-refractivity contribution in [2.24, 2.45) is 10.7 Å². The van der Waals surface area contributed by atoms with Crippen molar-refractivity contribution in [3.63, 3.8) is 0 Å². The normalized spacial score (nSPS) is 21.7. The highest BCUT2D eigenvalue weighted by Crippen LogP contribution is 2.36. The fraction of sp³-hybridized carbons (Fsp3) is 0.353. The molecule has 21 heavy (non-hydrogen) atoms. The van der Waals surface area contributed by atoms with E-state index in [9.17, 15) is 0 Å². The molecule has 2 aromatic rings. The molecule has 1 aromatic carbocycles. The van der Waals surface area contributed by atoms with E-state index in [4.69, 9.17) is 5.73 Å². The first-order valence-electron chi connectivity index (χ1n) is 7.18. The SMILES string of the molecule is Cc1ccc(C)c(C2(C)CN=C(N)N2Cc2cccs2)c1. The molecular formula is C17H21N3S. The van der Waals surface area contributed by atoms with Crippen LogP contribution < -0.4 is 5.73 Å². The van der Waals surface area contributed by atoms with Crippen LogP contribution in [0.2, 0.25) is 0 Å². The van der Waals surface area contributed by atoms with Crippen molar-refractivity contribution in [2.75, 3.05) is 6.54 Å². The van der Waals surface area contributed by atoms with E-state index in [-0.39, 0.29) is 5.54 Å². The zero-order valence-electron chi connectivity index (χ0n) is 12.8. The average molecular weight is 299 g/mol. The molecule has 1 aromatic heterocycles. The largest absolute Gasteiger partial charge is 0.370 e. The molecule has 1 atom stereocenters. The van der Waals surface area contributed by atoms with Gasteiger partial charge in [0.2, 0.25) is 0 Å². The number of hydrogen-bond acceptors (Lipinski definition) is 4. The van der Waals surface area contributed by atoms with E-state index < -0.39 is 0 Å². The van der Waals surface area contributed by atoms with Crippen molar-refractivity contribution in [1.82, 2.24) is 4.90 Å². The van der Waals surface area contributed by atoms with Crippen LogP contribution in [-0.2, 0) is 12.1 Å². The Bertz CT molecular complexity index is 675. The van der Waals surface area contributed by atoms with Gasteiger partial charge in [0.15, 0.2) is 5.96 Å². The van der Waals surface area contributed by atoms with Gasteiger partial charge >= 0.3 is 0 Å². The summed E-state index contributed by atoms with van der Waals surface area (Å²) in [5.74, 6) is 0.645. The minimum Gasteiger partial charge on any atom is -0.370 e. The second-order valence-electron chi connectivity index (χ2n) is 5.93. The molecule has 2 heterocycles. The number of benzene rings is 1. The van der Waals surface area contributed by atoms with Crippen molar-refractivity contribution in [3.8, 4) is 0 Å². The molecular weight excluding hydrogens is 278 g/mol. The molecule has 1 unspecified atom stereocenters. The zero-order chi connectivity index (χ0) is 15.0. The highest BCUT2D eigenvalue weighted by Gasteiger charge is 2.40. The van der Waals surface area contributed by atoms with Gasteiger partial charge < -0.3 is 10.6 Å². The Morgan fingerprint density at radius 2 is 2.14 bits per heavy atom. The van der Waals surface area contributed by atoms with E-state index in [2.05, 4.69) is 66.4 Å². The van der Waals surface area contributed by atoms with Gasteiger partial charge in [-0.3, -0.25) is 4.99 Å². The van der Waals surface area contributed by atoms with E-state index in [0.717, 1.165) is 6.54 Å². The van der Waals surface area contributed by atoms with Gasteiger partial charge in [0.05, 0.1) is 18.6 Å². The smallest absolute Gasteiger partial charge is 0.192 e. The standard InChI is InChI=1S/C17H21N3S/c1-12-6-7-13(2)15(9-12)17(3)11-19-16(18)20(17)10-14-5-4-8-21-14/h4-9H,10-11H2,1-3H3,(H2,18,19). The van der Waals surface area contributed by atoms with E-state index in [1.807, 2.05) is 0 Å². The summed E-state index contributed by atoms with van der Waals surface area (Å²) in [6, 6.07) is 10.8. The van der Waals surface area contributed by atoms with Crippen LogP contribution in [-0.4, -0.2) is 17.4 Å². The van der Waals surface area contributed by atoms with Crippen LogP contribution in [0.15, 0.2) is 40.7 Å². The maximum atomic E-state index is 6.18. The zero-order valence-corrected chi connectivity index (χ0v) is 13.6. The molecule has 3 nitrogen and oxygen atoms in total. The van der Waals surface area contributed by atoms with Gasteiger partial charge in [0, 0.05) is 4.88 Å². The minimum absolute atomic E-state index is 0.163. The maximum Gasteiger partial charge on any atom is 0.192 e. The number of rotatable bonds is 3. The highest BCUT2D eigenvalue weighted by molar-refractivity contribution is 7.09. The maximum absolute atomic E-state index is 6.18. The van der Waals surface area contributed by atoms with Gasteiger partial charge in [-0.25, -0.2) is 0 Å². The first kappa shape index (κ1) is 14.1. The van der Waals surface area contributed by atoms with Gasteiger partial charge in [-0.15, -0.1) is 11.3 Å². The van der Waals surface area contributed by atoms with Gasteiger partial charge in [-0.05, 0) is 43.3 Å². The first-order valence-corrected chi connectivity index (χ1v) is 8.06. The highest BCUT2D eigenvalue weighted by atomic mass is 32.1. The van der Waals surface area contributed by atoms with E-state index >= 15 is 0 Å². The summed E-state index contributed by atoms with van der Waals surface area (Å²) in [6.07, 6.45) is 0. The van der Waals surface area contributed by atoms with Crippen molar-refractivity contribution in [2.45, 2.75) is 32.9 Å². The molecule has 0 spiro atoms. The molecule has 0 saturated carbocycles. The lowest BCUT2D eigenvalue weighted by molar-refractivity contribution is 0.218. The van der Waals surface area contributed by atoms with Gasteiger partial charge in [0.25, 0.3) is 0 Å². The summed E-state index contributed by atoms with van der Waals surface area (Å²) in [4.78, 5) is 8.07. The van der Waals surface area contributed by atoms with Crippen LogP contribution >= 0.6 is 11.3 Å². The molecule has 0 radical (unpaired) electrons. The first-order chi connectivity index (χ1) is 10.0. The molecule has 0 fully saturated rings. The molecule has 3 rings (SSSR count). The van der Waals surface area contributed by atoms with Gasteiger partial charge in [0.1, 0.15) is 0 Å². The Labute approximate surface area is 130 Å². The Morgan fingerprint density at radius 3 is 2.86 bits per heavy atom. The third-order valence-corrected chi connectivity index (χ3v) is 5.15.